The second-order valence-electron chi connectivity index (χ2n) is 11.1. The second kappa shape index (κ2) is 12.5. The molecule has 2 heterocycles. The van der Waals surface area contributed by atoms with Crippen LogP contribution >= 0.6 is 0 Å². The van der Waals surface area contributed by atoms with Crippen LogP contribution < -0.4 is 19.4 Å². The van der Waals surface area contributed by atoms with Gasteiger partial charge in [-0.05, 0) is 63.2 Å². The number of amides is 1. The predicted octanol–water partition coefficient (Wildman–Crippen LogP) is 4.32. The standard InChI is InChI=1S/C32H39N5O4S/c1-24(38)25-14-16-36(17-15-25)30-23-29(37-20-18-34(2)19-21-37)28(32(39)33-26-10-6-4-7-11-26)22-31(30)42(40,41)35(3)27-12-8-5-9-13-27/h4-13,22-23,25H,14-21H2,1-3H3,(H,33,39). The molecule has 0 aliphatic carbocycles. The number of piperidine rings is 1. The average molecular weight is 590 g/mol. The van der Waals surface area contributed by atoms with Gasteiger partial charge in [0.2, 0.25) is 0 Å². The number of sulfonamides is 1. The van der Waals surface area contributed by atoms with Gasteiger partial charge in [-0.2, -0.15) is 0 Å². The zero-order valence-electron chi connectivity index (χ0n) is 24.5. The third-order valence-corrected chi connectivity index (χ3v) is 10.2. The minimum Gasteiger partial charge on any atom is -0.370 e. The van der Waals surface area contributed by atoms with Gasteiger partial charge in [0.25, 0.3) is 15.9 Å². The molecule has 222 valence electrons. The highest BCUT2D eigenvalue weighted by molar-refractivity contribution is 7.93. The first kappa shape index (κ1) is 29.6. The van der Waals surface area contributed by atoms with Gasteiger partial charge in [-0.15, -0.1) is 0 Å². The van der Waals surface area contributed by atoms with Crippen molar-refractivity contribution in [3.05, 3.63) is 78.4 Å². The number of ketones is 1. The molecule has 0 aromatic heterocycles. The first-order valence-corrected chi connectivity index (χ1v) is 15.9. The summed E-state index contributed by atoms with van der Waals surface area (Å²) in [6.07, 6.45) is 1.31. The molecule has 2 saturated heterocycles. The molecule has 10 heteroatoms. The van der Waals surface area contributed by atoms with Gasteiger partial charge in [0.1, 0.15) is 10.7 Å². The van der Waals surface area contributed by atoms with Crippen LogP contribution in [0.4, 0.5) is 22.7 Å². The zero-order valence-corrected chi connectivity index (χ0v) is 25.3. The number of likely N-dealkylation sites (N-methyl/N-ethyl adjacent to an activating group) is 1. The Labute approximate surface area is 248 Å². The van der Waals surface area contributed by atoms with Crippen LogP contribution in [0, 0.1) is 5.92 Å². The van der Waals surface area contributed by atoms with Crippen molar-refractivity contribution in [2.75, 3.05) is 72.8 Å². The number of piperazine rings is 1. The number of hydrogen-bond acceptors (Lipinski definition) is 7. The predicted molar refractivity (Wildman–Crippen MR) is 168 cm³/mol. The van der Waals surface area contributed by atoms with Crippen LogP contribution in [0.1, 0.15) is 30.1 Å². The molecule has 42 heavy (non-hydrogen) atoms. The van der Waals surface area contributed by atoms with E-state index in [-0.39, 0.29) is 22.5 Å². The van der Waals surface area contributed by atoms with Crippen molar-refractivity contribution >= 4 is 44.5 Å². The summed E-state index contributed by atoms with van der Waals surface area (Å²) < 4.78 is 29.9. The van der Waals surface area contributed by atoms with Crippen LogP contribution in [0.15, 0.2) is 77.7 Å². The maximum Gasteiger partial charge on any atom is 0.266 e. The lowest BCUT2D eigenvalue weighted by Gasteiger charge is -2.38. The van der Waals surface area contributed by atoms with Crippen LogP contribution in [0.25, 0.3) is 0 Å². The van der Waals surface area contributed by atoms with Gasteiger partial charge in [-0.25, -0.2) is 8.42 Å². The fourth-order valence-electron chi connectivity index (χ4n) is 5.67. The van der Waals surface area contributed by atoms with Crippen molar-refractivity contribution in [2.24, 2.45) is 5.92 Å². The third kappa shape index (κ3) is 6.29. The largest absolute Gasteiger partial charge is 0.370 e. The summed E-state index contributed by atoms with van der Waals surface area (Å²) in [5, 5.41) is 2.97. The number of para-hydroxylation sites is 2. The first-order valence-electron chi connectivity index (χ1n) is 14.4. The lowest BCUT2D eigenvalue weighted by atomic mass is 9.93. The molecule has 0 spiro atoms. The molecule has 0 saturated carbocycles. The van der Waals surface area contributed by atoms with Gasteiger partial charge < -0.3 is 20.0 Å². The van der Waals surface area contributed by atoms with Gasteiger partial charge in [-0.3, -0.25) is 13.9 Å². The monoisotopic (exact) mass is 589 g/mol. The summed E-state index contributed by atoms with van der Waals surface area (Å²) in [6, 6.07) is 21.5. The Morgan fingerprint density at radius 1 is 0.810 bits per heavy atom. The number of rotatable bonds is 8. The first-order chi connectivity index (χ1) is 20.1. The second-order valence-corrected chi connectivity index (χ2v) is 13.1. The quantitative estimate of drug-likeness (QED) is 0.418. The highest BCUT2D eigenvalue weighted by Gasteiger charge is 2.33. The Hall–Kier alpha value is -3.89. The minimum absolute atomic E-state index is 0.0266. The number of carbonyl (C=O) groups is 2. The number of Topliss-reactive ketones (excluding diaryl/α,β-unsaturated/α-hetero) is 1. The topological polar surface area (TPSA) is 93.3 Å². The molecule has 2 aliphatic heterocycles. The van der Waals surface area contributed by atoms with Crippen molar-refractivity contribution in [3.63, 3.8) is 0 Å². The van der Waals surface area contributed by atoms with E-state index >= 15 is 0 Å². The smallest absolute Gasteiger partial charge is 0.266 e. The molecular formula is C32H39N5O4S. The van der Waals surface area contributed by atoms with E-state index in [4.69, 9.17) is 0 Å². The SMILES string of the molecule is CC(=O)C1CCN(c2cc(N3CCN(C)CC3)c(C(=O)Nc3ccccc3)cc2S(=O)(=O)N(C)c2ccccc2)CC1. The summed E-state index contributed by atoms with van der Waals surface area (Å²) in [4.78, 5) is 32.5. The Balaban J connectivity index is 1.64. The van der Waals surface area contributed by atoms with Crippen molar-refractivity contribution < 1.29 is 18.0 Å². The third-order valence-electron chi connectivity index (χ3n) is 8.37. The molecule has 1 N–H and O–H groups in total. The van der Waals surface area contributed by atoms with Gasteiger partial charge in [0, 0.05) is 57.9 Å². The molecule has 5 rings (SSSR count). The van der Waals surface area contributed by atoms with Crippen molar-refractivity contribution in [1.29, 1.82) is 0 Å². The fourth-order valence-corrected chi connectivity index (χ4v) is 7.09. The molecule has 3 aromatic rings. The normalized spacial score (nSPS) is 16.7. The lowest BCUT2D eigenvalue weighted by molar-refractivity contribution is -0.121. The molecule has 0 radical (unpaired) electrons. The molecule has 2 fully saturated rings. The van der Waals surface area contributed by atoms with Crippen LogP contribution in [0.2, 0.25) is 0 Å². The van der Waals surface area contributed by atoms with Gasteiger partial charge >= 0.3 is 0 Å². The van der Waals surface area contributed by atoms with Crippen molar-refractivity contribution in [1.82, 2.24) is 4.90 Å². The molecule has 0 atom stereocenters. The maximum atomic E-state index is 14.3. The van der Waals surface area contributed by atoms with Crippen LogP contribution in [-0.2, 0) is 14.8 Å². The number of carbonyl (C=O) groups excluding carboxylic acids is 2. The van der Waals surface area contributed by atoms with Crippen molar-refractivity contribution in [3.8, 4) is 0 Å². The van der Waals surface area contributed by atoms with E-state index < -0.39 is 10.0 Å². The number of nitrogens with zero attached hydrogens (tertiary/aromatic N) is 4. The van der Waals surface area contributed by atoms with Gasteiger partial charge in [0.05, 0.1) is 22.6 Å². The molecule has 9 nitrogen and oxygen atoms in total. The number of benzene rings is 3. The van der Waals surface area contributed by atoms with E-state index in [1.807, 2.05) is 42.5 Å². The maximum absolute atomic E-state index is 14.3. The average Bonchev–Trinajstić information content (AvgIpc) is 3.01. The molecule has 3 aromatic carbocycles. The molecule has 1 amide bonds. The van der Waals surface area contributed by atoms with Crippen LogP contribution in [-0.4, -0.2) is 78.4 Å². The van der Waals surface area contributed by atoms with Gasteiger partial charge in [-0.1, -0.05) is 36.4 Å². The summed E-state index contributed by atoms with van der Waals surface area (Å²) in [5.41, 5.74) is 2.74. The number of anilines is 4. The summed E-state index contributed by atoms with van der Waals surface area (Å²) in [6.45, 7) is 5.81. The zero-order chi connectivity index (χ0) is 29.9. The lowest BCUT2D eigenvalue weighted by Crippen LogP contribution is -2.45. The summed E-state index contributed by atoms with van der Waals surface area (Å²) in [7, 11) is -0.463. The molecular weight excluding hydrogens is 550 g/mol. The Morgan fingerprint density at radius 3 is 1.98 bits per heavy atom. The van der Waals surface area contributed by atoms with E-state index in [0.717, 1.165) is 13.1 Å². The summed E-state index contributed by atoms with van der Waals surface area (Å²) in [5.74, 6) is -0.227. The van der Waals surface area contributed by atoms with E-state index in [2.05, 4.69) is 27.1 Å². The number of nitrogens with one attached hydrogen (secondary N) is 1. The summed E-state index contributed by atoms with van der Waals surface area (Å²) >= 11 is 0. The highest BCUT2D eigenvalue weighted by Crippen LogP contribution is 2.38. The van der Waals surface area contributed by atoms with E-state index in [9.17, 15) is 18.0 Å². The Bertz CT molecular complexity index is 1520. The number of hydrogen-bond donors (Lipinski definition) is 1. The fraction of sp³-hybridized carbons (Fsp3) is 0.375. The molecule has 2 aliphatic rings. The minimum atomic E-state index is -4.07. The molecule has 0 unspecified atom stereocenters. The Kier molecular flexibility index (Phi) is 8.84. The van der Waals surface area contributed by atoms with Gasteiger partial charge in [0.15, 0.2) is 0 Å². The van der Waals surface area contributed by atoms with E-state index in [1.165, 1.54) is 11.4 Å². The van der Waals surface area contributed by atoms with Crippen molar-refractivity contribution in [2.45, 2.75) is 24.7 Å². The van der Waals surface area contributed by atoms with E-state index in [1.54, 1.807) is 37.3 Å². The van der Waals surface area contributed by atoms with Crippen LogP contribution in [0.3, 0.4) is 0 Å². The van der Waals surface area contributed by atoms with Crippen LogP contribution in [0.5, 0.6) is 0 Å². The highest BCUT2D eigenvalue weighted by atomic mass is 32.2. The Morgan fingerprint density at radius 2 is 1.38 bits per heavy atom. The molecule has 0 bridgehead atoms. The van der Waals surface area contributed by atoms with E-state index in [0.29, 0.717) is 67.3 Å².